The Labute approximate surface area is 181 Å². The summed E-state index contributed by atoms with van der Waals surface area (Å²) in [6, 6.07) is 23.5. The van der Waals surface area contributed by atoms with Gasteiger partial charge in [0, 0.05) is 17.3 Å². The van der Waals surface area contributed by atoms with Crippen molar-refractivity contribution in [2.45, 2.75) is 20.0 Å². The second-order valence-corrected chi connectivity index (χ2v) is 7.10. The summed E-state index contributed by atoms with van der Waals surface area (Å²) in [5.41, 5.74) is 4.46. The molecular formula is C26H22N2O3. The predicted molar refractivity (Wildman–Crippen MR) is 120 cm³/mol. The maximum atomic E-state index is 13.0. The number of nitriles is 1. The highest BCUT2D eigenvalue weighted by Crippen LogP contribution is 2.23. The molecule has 5 nitrogen and oxygen atoms in total. The van der Waals surface area contributed by atoms with Gasteiger partial charge in [0.05, 0.1) is 11.6 Å². The number of carbonyl (C=O) groups is 2. The molecule has 0 saturated heterocycles. The highest BCUT2D eigenvalue weighted by molar-refractivity contribution is 5.98. The van der Waals surface area contributed by atoms with E-state index in [1.807, 2.05) is 44.2 Å². The lowest BCUT2D eigenvalue weighted by molar-refractivity contribution is -0.149. The van der Waals surface area contributed by atoms with Crippen molar-refractivity contribution in [3.8, 4) is 6.07 Å². The van der Waals surface area contributed by atoms with E-state index in [-0.39, 0.29) is 0 Å². The molecule has 1 N–H and O–H groups in total. The monoisotopic (exact) mass is 410 g/mol. The molecule has 0 aromatic heterocycles. The van der Waals surface area contributed by atoms with Gasteiger partial charge in [0.15, 0.2) is 0 Å². The summed E-state index contributed by atoms with van der Waals surface area (Å²) in [5.74, 6) is -1.07. The van der Waals surface area contributed by atoms with Crippen molar-refractivity contribution in [2.24, 2.45) is 0 Å². The largest absolute Gasteiger partial charge is 0.444 e. The lowest BCUT2D eigenvalue weighted by Gasteiger charge is -2.18. The number of nitrogens with zero attached hydrogens (tertiary/aromatic N) is 1. The Morgan fingerprint density at radius 3 is 2.39 bits per heavy atom. The predicted octanol–water partition coefficient (Wildman–Crippen LogP) is 5.11. The number of hydrogen-bond acceptors (Lipinski definition) is 4. The Morgan fingerprint density at radius 2 is 1.71 bits per heavy atom. The van der Waals surface area contributed by atoms with Gasteiger partial charge in [-0.3, -0.25) is 4.79 Å². The number of hydrogen-bond donors (Lipinski definition) is 1. The van der Waals surface area contributed by atoms with Crippen LogP contribution in [0.3, 0.4) is 0 Å². The van der Waals surface area contributed by atoms with Gasteiger partial charge in [-0.2, -0.15) is 5.26 Å². The standard InChI is InChI=1S/C26H22N2O3/c1-18-8-9-19(2)23(16-18)28-26(30)25(22-6-4-3-5-7-22)31-24(29)15-14-20-10-12-21(17-27)13-11-20/h3-16,25H,1-2H3,(H,28,30)/b15-14+/t25-/m0/s1. The topological polar surface area (TPSA) is 79.2 Å². The zero-order valence-corrected chi connectivity index (χ0v) is 17.3. The molecule has 3 rings (SSSR count). The average Bonchev–Trinajstić information content (AvgIpc) is 2.79. The number of nitrogens with one attached hydrogen (secondary N) is 1. The maximum Gasteiger partial charge on any atom is 0.331 e. The summed E-state index contributed by atoms with van der Waals surface area (Å²) >= 11 is 0. The lowest BCUT2D eigenvalue weighted by Crippen LogP contribution is -2.25. The zero-order valence-electron chi connectivity index (χ0n) is 17.3. The Morgan fingerprint density at radius 1 is 1.00 bits per heavy atom. The van der Waals surface area contributed by atoms with Crippen LogP contribution in [-0.4, -0.2) is 11.9 Å². The molecule has 3 aromatic rings. The fraction of sp³-hybridized carbons (Fsp3) is 0.115. The molecule has 0 saturated carbocycles. The minimum absolute atomic E-state index is 0.431. The highest BCUT2D eigenvalue weighted by atomic mass is 16.5. The molecule has 154 valence electrons. The van der Waals surface area contributed by atoms with Gasteiger partial charge in [-0.25, -0.2) is 4.79 Å². The third-order valence-electron chi connectivity index (χ3n) is 4.68. The average molecular weight is 410 g/mol. The van der Waals surface area contributed by atoms with Gasteiger partial charge in [-0.15, -0.1) is 0 Å². The van der Waals surface area contributed by atoms with Gasteiger partial charge in [0.25, 0.3) is 5.91 Å². The van der Waals surface area contributed by atoms with Crippen molar-refractivity contribution in [2.75, 3.05) is 5.32 Å². The van der Waals surface area contributed by atoms with Crippen LogP contribution in [0.1, 0.15) is 33.9 Å². The molecule has 0 aliphatic rings. The van der Waals surface area contributed by atoms with Crippen LogP contribution in [0.5, 0.6) is 0 Å². The van der Waals surface area contributed by atoms with Crippen molar-refractivity contribution >= 4 is 23.6 Å². The number of esters is 1. The van der Waals surface area contributed by atoms with Gasteiger partial charge >= 0.3 is 5.97 Å². The first-order chi connectivity index (χ1) is 15.0. The van der Waals surface area contributed by atoms with Crippen LogP contribution in [0, 0.1) is 25.2 Å². The molecule has 0 aliphatic carbocycles. The zero-order chi connectivity index (χ0) is 22.2. The molecule has 0 bridgehead atoms. The molecule has 5 heteroatoms. The minimum Gasteiger partial charge on any atom is -0.444 e. The summed E-state index contributed by atoms with van der Waals surface area (Å²) < 4.78 is 5.52. The fourth-order valence-corrected chi connectivity index (χ4v) is 2.96. The summed E-state index contributed by atoms with van der Waals surface area (Å²) in [4.78, 5) is 25.5. The first-order valence-electron chi connectivity index (χ1n) is 9.78. The van der Waals surface area contributed by atoms with E-state index in [2.05, 4.69) is 5.32 Å². The van der Waals surface area contributed by atoms with Crippen molar-refractivity contribution in [1.82, 2.24) is 0 Å². The second-order valence-electron chi connectivity index (χ2n) is 7.10. The second kappa shape index (κ2) is 10.0. The molecule has 31 heavy (non-hydrogen) atoms. The van der Waals surface area contributed by atoms with Crippen molar-refractivity contribution in [1.29, 1.82) is 5.26 Å². The number of amides is 1. The fourth-order valence-electron chi connectivity index (χ4n) is 2.96. The summed E-state index contributed by atoms with van der Waals surface area (Å²) in [7, 11) is 0. The first kappa shape index (κ1) is 21.5. The summed E-state index contributed by atoms with van der Waals surface area (Å²) in [6.45, 7) is 3.84. The molecule has 1 amide bonds. The van der Waals surface area contributed by atoms with Crippen LogP contribution in [0.25, 0.3) is 6.08 Å². The van der Waals surface area contributed by atoms with Crippen molar-refractivity contribution < 1.29 is 14.3 Å². The third-order valence-corrected chi connectivity index (χ3v) is 4.68. The molecule has 0 radical (unpaired) electrons. The molecule has 0 unspecified atom stereocenters. The van der Waals surface area contributed by atoms with Crippen molar-refractivity contribution in [3.05, 3.63) is 107 Å². The Bertz CT molecular complexity index is 1140. The van der Waals surface area contributed by atoms with E-state index in [0.29, 0.717) is 16.8 Å². The Hall–Kier alpha value is -4.17. The van der Waals surface area contributed by atoms with Crippen LogP contribution in [0.2, 0.25) is 0 Å². The van der Waals surface area contributed by atoms with Gasteiger partial charge in [-0.1, -0.05) is 54.6 Å². The summed E-state index contributed by atoms with van der Waals surface area (Å²) in [5, 5.41) is 11.7. The van der Waals surface area contributed by atoms with Crippen molar-refractivity contribution in [3.63, 3.8) is 0 Å². The minimum atomic E-state index is -1.10. The van der Waals surface area contributed by atoms with Gasteiger partial charge in [-0.05, 0) is 54.8 Å². The number of carbonyl (C=O) groups excluding carboxylic acids is 2. The van der Waals surface area contributed by atoms with E-state index in [1.54, 1.807) is 54.6 Å². The number of rotatable bonds is 6. The quantitative estimate of drug-likeness (QED) is 0.452. The smallest absolute Gasteiger partial charge is 0.331 e. The third kappa shape index (κ3) is 5.91. The Kier molecular flexibility index (Phi) is 6.97. The van der Waals surface area contributed by atoms with Crippen LogP contribution in [0.4, 0.5) is 5.69 Å². The van der Waals surface area contributed by atoms with Gasteiger partial charge < -0.3 is 10.1 Å². The van der Waals surface area contributed by atoms with E-state index < -0.39 is 18.0 Å². The van der Waals surface area contributed by atoms with Crippen LogP contribution in [-0.2, 0) is 14.3 Å². The lowest BCUT2D eigenvalue weighted by atomic mass is 10.1. The summed E-state index contributed by atoms with van der Waals surface area (Å²) in [6.07, 6.45) is 1.75. The van der Waals surface area contributed by atoms with E-state index in [4.69, 9.17) is 10.00 Å². The molecular weight excluding hydrogens is 388 g/mol. The molecule has 0 aliphatic heterocycles. The number of benzene rings is 3. The highest BCUT2D eigenvalue weighted by Gasteiger charge is 2.24. The maximum absolute atomic E-state index is 13.0. The van der Waals surface area contributed by atoms with Crippen LogP contribution >= 0.6 is 0 Å². The number of ether oxygens (including phenoxy) is 1. The van der Waals surface area contributed by atoms with Crippen LogP contribution in [0.15, 0.2) is 78.9 Å². The molecule has 0 fully saturated rings. The van der Waals surface area contributed by atoms with Gasteiger partial charge in [0.1, 0.15) is 0 Å². The normalized spacial score (nSPS) is 11.5. The Balaban J connectivity index is 1.78. The molecule has 0 heterocycles. The van der Waals surface area contributed by atoms with Gasteiger partial charge in [0.2, 0.25) is 6.10 Å². The van der Waals surface area contributed by atoms with E-state index in [1.165, 1.54) is 6.08 Å². The SMILES string of the molecule is Cc1ccc(C)c(NC(=O)[C@@H](OC(=O)/C=C/c2ccc(C#N)cc2)c2ccccc2)c1. The molecule has 1 atom stereocenters. The van der Waals surface area contributed by atoms with E-state index in [9.17, 15) is 9.59 Å². The first-order valence-corrected chi connectivity index (χ1v) is 9.78. The number of aryl methyl sites for hydroxylation is 2. The van der Waals surface area contributed by atoms with E-state index >= 15 is 0 Å². The number of anilines is 1. The molecule has 3 aromatic carbocycles. The van der Waals surface area contributed by atoms with E-state index in [0.717, 1.165) is 16.7 Å². The van der Waals surface area contributed by atoms with Crippen LogP contribution < -0.4 is 5.32 Å². The molecule has 0 spiro atoms.